The lowest BCUT2D eigenvalue weighted by Crippen LogP contribution is -2.24. The molecule has 0 bridgehead atoms. The van der Waals surface area contributed by atoms with E-state index in [1.165, 1.54) is 5.57 Å². The fourth-order valence-electron chi connectivity index (χ4n) is 3.45. The summed E-state index contributed by atoms with van der Waals surface area (Å²) in [6, 6.07) is 7.73. The minimum absolute atomic E-state index is 0.0103. The summed E-state index contributed by atoms with van der Waals surface area (Å²) in [5, 5.41) is 1.000. The van der Waals surface area contributed by atoms with Gasteiger partial charge in [0.2, 0.25) is 0 Å². The van der Waals surface area contributed by atoms with Gasteiger partial charge in [-0.2, -0.15) is 0 Å². The molecule has 4 heteroatoms. The van der Waals surface area contributed by atoms with E-state index in [1.807, 2.05) is 24.3 Å². The normalized spacial score (nSPS) is 17.9. The molecular formula is C18H21O3Si. The fraction of sp³-hybridized carbons (Fsp3) is 0.444. The van der Waals surface area contributed by atoms with Crippen molar-refractivity contribution in [3.05, 3.63) is 35.6 Å². The van der Waals surface area contributed by atoms with Crippen LogP contribution in [0.2, 0.25) is 0 Å². The standard InChI is InChI=1S/C18H21O3Si/c1-17(2,3)16-15(19-10-18(16,4)5)14-9-11-8-12(21-22)6-7-13(11)20-14/h6-9H,10H2,1-5H3. The number of ether oxygens (including phenoxy) is 1. The smallest absolute Gasteiger partial charge is 0.341 e. The molecule has 3 rings (SSSR count). The molecule has 1 aromatic carbocycles. The summed E-state index contributed by atoms with van der Waals surface area (Å²) in [4.78, 5) is 0. The Kier molecular flexibility index (Phi) is 3.40. The molecule has 0 fully saturated rings. The topological polar surface area (TPSA) is 31.6 Å². The van der Waals surface area contributed by atoms with E-state index in [0.29, 0.717) is 6.61 Å². The fourth-order valence-corrected chi connectivity index (χ4v) is 3.58. The van der Waals surface area contributed by atoms with Gasteiger partial charge in [0.25, 0.3) is 0 Å². The lowest BCUT2D eigenvalue weighted by molar-refractivity contribution is 0.210. The van der Waals surface area contributed by atoms with E-state index in [2.05, 4.69) is 45.1 Å². The van der Waals surface area contributed by atoms with Crippen molar-refractivity contribution < 1.29 is 13.6 Å². The predicted molar refractivity (Wildman–Crippen MR) is 88.7 cm³/mol. The van der Waals surface area contributed by atoms with Crippen LogP contribution in [0.5, 0.6) is 5.75 Å². The van der Waals surface area contributed by atoms with Gasteiger partial charge in [-0.1, -0.05) is 34.6 Å². The molecule has 1 aliphatic rings. The quantitative estimate of drug-likeness (QED) is 0.753. The van der Waals surface area contributed by atoms with Gasteiger partial charge in [0.05, 0.1) is 6.61 Å². The summed E-state index contributed by atoms with van der Waals surface area (Å²) < 4.78 is 17.1. The molecule has 1 aromatic heterocycles. The van der Waals surface area contributed by atoms with E-state index < -0.39 is 0 Å². The van der Waals surface area contributed by atoms with Gasteiger partial charge < -0.3 is 13.6 Å². The van der Waals surface area contributed by atoms with E-state index in [4.69, 9.17) is 13.6 Å². The maximum absolute atomic E-state index is 6.02. The van der Waals surface area contributed by atoms with Crippen LogP contribution < -0.4 is 4.43 Å². The molecule has 3 nitrogen and oxygen atoms in total. The Morgan fingerprint density at radius 3 is 2.55 bits per heavy atom. The van der Waals surface area contributed by atoms with Crippen molar-refractivity contribution in [2.45, 2.75) is 34.6 Å². The first kappa shape index (κ1) is 15.2. The van der Waals surface area contributed by atoms with E-state index in [0.717, 1.165) is 28.2 Å². The Labute approximate surface area is 134 Å². The summed E-state index contributed by atoms with van der Waals surface area (Å²) in [6.45, 7) is 11.8. The summed E-state index contributed by atoms with van der Waals surface area (Å²) in [5.41, 5.74) is 2.17. The second-order valence-corrected chi connectivity index (χ2v) is 7.74. The Morgan fingerprint density at radius 1 is 1.18 bits per heavy atom. The highest BCUT2D eigenvalue weighted by Crippen LogP contribution is 2.50. The van der Waals surface area contributed by atoms with Crippen molar-refractivity contribution >= 4 is 27.2 Å². The Balaban J connectivity index is 2.17. The first-order chi connectivity index (χ1) is 10.2. The highest BCUT2D eigenvalue weighted by Gasteiger charge is 2.42. The molecule has 0 saturated carbocycles. The first-order valence-corrected chi connectivity index (χ1v) is 7.89. The first-order valence-electron chi connectivity index (χ1n) is 7.48. The summed E-state index contributed by atoms with van der Waals surface area (Å²) in [5.74, 6) is 2.42. The van der Waals surface area contributed by atoms with Crippen LogP contribution >= 0.6 is 0 Å². The van der Waals surface area contributed by atoms with E-state index in [1.54, 1.807) is 0 Å². The highest BCUT2D eigenvalue weighted by atomic mass is 28.2. The van der Waals surface area contributed by atoms with E-state index in [-0.39, 0.29) is 10.8 Å². The summed E-state index contributed by atoms with van der Waals surface area (Å²) in [6.07, 6.45) is 0. The number of fused-ring (bicyclic) bond motifs is 1. The molecule has 3 radical (unpaired) electrons. The zero-order valence-corrected chi connectivity index (χ0v) is 14.7. The maximum atomic E-state index is 6.02. The molecule has 0 amide bonds. The zero-order chi connectivity index (χ0) is 16.1. The third-order valence-electron chi connectivity index (χ3n) is 4.06. The Hall–Kier alpha value is -1.68. The number of furan rings is 1. The number of hydrogen-bond donors (Lipinski definition) is 0. The molecule has 115 valence electrons. The second kappa shape index (κ2) is 4.91. The van der Waals surface area contributed by atoms with Crippen molar-refractivity contribution in [1.82, 2.24) is 0 Å². The molecule has 2 heterocycles. The average molecular weight is 313 g/mol. The van der Waals surface area contributed by atoms with Crippen molar-refractivity contribution in [2.24, 2.45) is 10.8 Å². The molecule has 2 aromatic rings. The van der Waals surface area contributed by atoms with Crippen molar-refractivity contribution in [3.8, 4) is 5.75 Å². The second-order valence-electron chi connectivity index (χ2n) is 7.54. The maximum Gasteiger partial charge on any atom is 0.341 e. The predicted octanol–water partition coefficient (Wildman–Crippen LogP) is 4.71. The van der Waals surface area contributed by atoms with Gasteiger partial charge in [0.15, 0.2) is 11.5 Å². The molecule has 0 N–H and O–H groups in total. The van der Waals surface area contributed by atoms with Gasteiger partial charge in [0.1, 0.15) is 11.3 Å². The van der Waals surface area contributed by atoms with Crippen molar-refractivity contribution in [2.75, 3.05) is 6.61 Å². The van der Waals surface area contributed by atoms with Gasteiger partial charge in [-0.05, 0) is 35.3 Å². The molecule has 0 unspecified atom stereocenters. The molecule has 0 aliphatic carbocycles. The molecule has 22 heavy (non-hydrogen) atoms. The summed E-state index contributed by atoms with van der Waals surface area (Å²) in [7, 11) is 3.05. The van der Waals surface area contributed by atoms with Crippen LogP contribution in [0.15, 0.2) is 34.3 Å². The SMILES string of the molecule is CC(C)(C)C1=C(c2cc3cc(O[Si])ccc3o2)OCC1(C)C. The third kappa shape index (κ3) is 2.45. The molecule has 0 spiro atoms. The largest absolute Gasteiger partial charge is 0.540 e. The van der Waals surface area contributed by atoms with Crippen LogP contribution in [0.25, 0.3) is 16.7 Å². The van der Waals surface area contributed by atoms with Gasteiger partial charge in [-0.15, -0.1) is 0 Å². The van der Waals surface area contributed by atoms with Crippen LogP contribution in [-0.4, -0.2) is 17.1 Å². The van der Waals surface area contributed by atoms with Crippen LogP contribution in [0.4, 0.5) is 0 Å². The molecule has 1 aliphatic heterocycles. The Bertz CT molecular complexity index is 747. The van der Waals surface area contributed by atoms with Crippen LogP contribution in [0.1, 0.15) is 40.4 Å². The van der Waals surface area contributed by atoms with Crippen LogP contribution in [-0.2, 0) is 4.74 Å². The summed E-state index contributed by atoms with van der Waals surface area (Å²) >= 11 is 0. The number of hydrogen-bond acceptors (Lipinski definition) is 3. The van der Waals surface area contributed by atoms with E-state index in [9.17, 15) is 0 Å². The van der Waals surface area contributed by atoms with Crippen LogP contribution in [0.3, 0.4) is 0 Å². The van der Waals surface area contributed by atoms with Crippen molar-refractivity contribution in [3.63, 3.8) is 0 Å². The van der Waals surface area contributed by atoms with Crippen LogP contribution in [0, 0.1) is 10.8 Å². The lowest BCUT2D eigenvalue weighted by Gasteiger charge is -2.30. The molecule has 0 saturated heterocycles. The van der Waals surface area contributed by atoms with Crippen molar-refractivity contribution in [1.29, 1.82) is 0 Å². The number of rotatable bonds is 2. The van der Waals surface area contributed by atoms with Gasteiger partial charge in [-0.25, -0.2) is 0 Å². The van der Waals surface area contributed by atoms with Gasteiger partial charge in [0, 0.05) is 10.8 Å². The lowest BCUT2D eigenvalue weighted by atomic mass is 9.71. The third-order valence-corrected chi connectivity index (χ3v) is 4.30. The molecular weight excluding hydrogens is 292 g/mol. The van der Waals surface area contributed by atoms with E-state index >= 15 is 0 Å². The van der Waals surface area contributed by atoms with Gasteiger partial charge >= 0.3 is 10.5 Å². The average Bonchev–Trinajstić information content (AvgIpc) is 2.96. The zero-order valence-electron chi connectivity index (χ0n) is 13.7. The monoisotopic (exact) mass is 313 g/mol. The minimum atomic E-state index is 0.0103. The van der Waals surface area contributed by atoms with Gasteiger partial charge in [-0.3, -0.25) is 0 Å². The highest BCUT2D eigenvalue weighted by molar-refractivity contribution is 6.00. The Morgan fingerprint density at radius 2 is 1.91 bits per heavy atom. The minimum Gasteiger partial charge on any atom is -0.540 e. The number of benzene rings is 1. The molecule has 0 atom stereocenters.